The first kappa shape index (κ1) is 22.9. The molecule has 2 unspecified atom stereocenters. The molecule has 1 aliphatic carbocycles. The summed E-state index contributed by atoms with van der Waals surface area (Å²) in [7, 11) is 0. The highest BCUT2D eigenvalue weighted by Crippen LogP contribution is 2.32. The Morgan fingerprint density at radius 1 is 1.29 bits per heavy atom. The molecule has 3 aromatic heterocycles. The predicted octanol–water partition coefficient (Wildman–Crippen LogP) is 3.74. The Kier molecular flexibility index (Phi) is 6.57. The molecule has 2 fully saturated rings. The van der Waals surface area contributed by atoms with Crippen LogP contribution in [0.4, 0.5) is 15.1 Å². The van der Waals surface area contributed by atoms with Crippen LogP contribution in [-0.2, 0) is 4.74 Å². The number of ether oxygens (including phenoxy) is 1. The molecule has 5 rings (SSSR count). The van der Waals surface area contributed by atoms with Crippen molar-refractivity contribution in [2.45, 2.75) is 57.0 Å². The molecule has 0 bridgehead atoms. The number of aromatic nitrogens is 3. The largest absolute Gasteiger partial charge is 0.446 e. The molecule has 0 spiro atoms. The summed E-state index contributed by atoms with van der Waals surface area (Å²) in [6.45, 7) is 2.85. The van der Waals surface area contributed by atoms with Crippen LogP contribution in [0.3, 0.4) is 0 Å². The minimum absolute atomic E-state index is 0.0198. The number of likely N-dealkylation sites (tertiary alicyclic amines) is 1. The summed E-state index contributed by atoms with van der Waals surface area (Å²) in [6.07, 6.45) is 5.49. The Labute approximate surface area is 200 Å². The minimum Gasteiger partial charge on any atom is -0.446 e. The van der Waals surface area contributed by atoms with Gasteiger partial charge in [-0.25, -0.2) is 19.2 Å². The van der Waals surface area contributed by atoms with Gasteiger partial charge in [0.25, 0.3) is 0 Å². The van der Waals surface area contributed by atoms with Crippen molar-refractivity contribution in [1.82, 2.24) is 25.2 Å². The molecule has 9 nitrogen and oxygen atoms in total. The van der Waals surface area contributed by atoms with Crippen molar-refractivity contribution >= 4 is 33.6 Å². The molecule has 3 aromatic rings. The van der Waals surface area contributed by atoms with E-state index in [9.17, 15) is 14.3 Å². The van der Waals surface area contributed by atoms with Crippen molar-refractivity contribution in [1.29, 1.82) is 0 Å². The van der Waals surface area contributed by atoms with Gasteiger partial charge in [-0.1, -0.05) is 0 Å². The van der Waals surface area contributed by atoms with Gasteiger partial charge in [0.15, 0.2) is 6.23 Å². The zero-order valence-electron chi connectivity index (χ0n) is 18.8. The zero-order valence-corrected chi connectivity index (χ0v) is 19.6. The molecule has 1 saturated carbocycles. The molecule has 0 radical (unpaired) electrons. The van der Waals surface area contributed by atoms with Crippen LogP contribution in [0.15, 0.2) is 29.9 Å². The average molecular weight is 487 g/mol. The molecular weight excluding hydrogens is 459 g/mol. The molecule has 4 heterocycles. The molecule has 1 aliphatic heterocycles. The van der Waals surface area contributed by atoms with E-state index in [4.69, 9.17) is 4.74 Å². The van der Waals surface area contributed by atoms with E-state index in [0.29, 0.717) is 30.3 Å². The zero-order chi connectivity index (χ0) is 23.7. The molecular formula is C23H27FN6O3S. The van der Waals surface area contributed by atoms with Gasteiger partial charge in [-0.15, -0.1) is 11.3 Å². The summed E-state index contributed by atoms with van der Waals surface area (Å²) in [6, 6.07) is 2.92. The van der Waals surface area contributed by atoms with E-state index in [-0.39, 0.29) is 24.3 Å². The third-order valence-electron chi connectivity index (χ3n) is 6.30. The Balaban J connectivity index is 1.24. The van der Waals surface area contributed by atoms with Gasteiger partial charge in [-0.2, -0.15) is 0 Å². The molecule has 1 amide bonds. The number of hydrogen-bond donors (Lipinski definition) is 3. The van der Waals surface area contributed by atoms with Crippen molar-refractivity contribution in [3.05, 3.63) is 47.0 Å². The van der Waals surface area contributed by atoms with E-state index < -0.39 is 12.0 Å². The van der Waals surface area contributed by atoms with Crippen molar-refractivity contribution in [3.8, 4) is 0 Å². The maximum atomic E-state index is 13.6. The minimum atomic E-state index is -0.945. The Morgan fingerprint density at radius 3 is 2.85 bits per heavy atom. The van der Waals surface area contributed by atoms with Crippen molar-refractivity contribution in [2.75, 3.05) is 18.4 Å². The Bertz CT molecular complexity index is 1160. The second kappa shape index (κ2) is 9.77. The number of rotatable bonds is 7. The summed E-state index contributed by atoms with van der Waals surface area (Å²) in [4.78, 5) is 27.0. The van der Waals surface area contributed by atoms with Crippen LogP contribution in [0.2, 0.25) is 0 Å². The third kappa shape index (κ3) is 4.96. The van der Waals surface area contributed by atoms with Crippen LogP contribution in [0.5, 0.6) is 0 Å². The maximum Gasteiger partial charge on any atom is 0.407 e. The number of nitrogens with zero attached hydrogens (tertiary/aromatic N) is 4. The quantitative estimate of drug-likeness (QED) is 0.463. The SMILES string of the molecule is CC(Nc1nc(C(O)N2CC(NC(=O)OC3CCCC3)C2)c2sccc2n1)c1cncc(F)c1. The van der Waals surface area contributed by atoms with E-state index in [1.54, 1.807) is 6.20 Å². The first-order valence-electron chi connectivity index (χ1n) is 11.5. The molecule has 34 heavy (non-hydrogen) atoms. The van der Waals surface area contributed by atoms with Crippen molar-refractivity contribution < 1.29 is 19.0 Å². The summed E-state index contributed by atoms with van der Waals surface area (Å²) >= 11 is 1.46. The van der Waals surface area contributed by atoms with Gasteiger partial charge in [-0.3, -0.25) is 9.88 Å². The number of pyridine rings is 1. The van der Waals surface area contributed by atoms with Crippen LogP contribution in [0.25, 0.3) is 10.2 Å². The van der Waals surface area contributed by atoms with E-state index in [1.165, 1.54) is 17.4 Å². The maximum absolute atomic E-state index is 13.6. The van der Waals surface area contributed by atoms with Gasteiger partial charge in [-0.05, 0) is 55.7 Å². The van der Waals surface area contributed by atoms with Crippen LogP contribution in [-0.4, -0.2) is 56.3 Å². The number of carbonyl (C=O) groups excluding carboxylic acids is 1. The normalized spacial score (nSPS) is 19.0. The molecule has 11 heteroatoms. The van der Waals surface area contributed by atoms with E-state index in [1.807, 2.05) is 23.3 Å². The average Bonchev–Trinajstić information content (AvgIpc) is 3.47. The van der Waals surface area contributed by atoms with Gasteiger partial charge in [0.1, 0.15) is 17.6 Å². The molecule has 0 aromatic carbocycles. The molecule has 3 N–H and O–H groups in total. The van der Waals surface area contributed by atoms with Crippen LogP contribution >= 0.6 is 11.3 Å². The molecule has 2 atom stereocenters. The number of halogens is 1. The van der Waals surface area contributed by atoms with Crippen molar-refractivity contribution in [3.63, 3.8) is 0 Å². The fraction of sp³-hybridized carbons (Fsp3) is 0.478. The number of aliphatic hydroxyl groups is 1. The van der Waals surface area contributed by atoms with Crippen molar-refractivity contribution in [2.24, 2.45) is 0 Å². The highest BCUT2D eigenvalue weighted by Gasteiger charge is 2.36. The first-order chi connectivity index (χ1) is 16.5. The van der Waals surface area contributed by atoms with Crippen LogP contribution < -0.4 is 10.6 Å². The number of aliphatic hydroxyl groups excluding tert-OH is 1. The topological polar surface area (TPSA) is 113 Å². The monoisotopic (exact) mass is 486 g/mol. The van der Waals surface area contributed by atoms with E-state index in [2.05, 4.69) is 25.6 Å². The summed E-state index contributed by atoms with van der Waals surface area (Å²) in [5, 5.41) is 19.0. The Morgan fingerprint density at radius 2 is 2.09 bits per heavy atom. The number of carbonyl (C=O) groups is 1. The number of amides is 1. The fourth-order valence-electron chi connectivity index (χ4n) is 4.40. The second-order valence-electron chi connectivity index (χ2n) is 8.85. The standard InChI is InChI=1S/C23H27FN6O3S/c1-13(14-8-15(24)10-25-9-14)26-22-28-18-6-7-34-20(18)19(29-22)21(31)30-11-16(12-30)27-23(32)33-17-4-2-3-5-17/h6-10,13,16-17,21,31H,2-5,11-12H2,1H3,(H,27,32)(H,26,28,29). The predicted molar refractivity (Wildman–Crippen MR) is 126 cm³/mol. The number of hydrogen-bond acceptors (Lipinski definition) is 9. The second-order valence-corrected chi connectivity index (χ2v) is 9.77. The number of anilines is 1. The molecule has 1 saturated heterocycles. The van der Waals surface area contributed by atoms with E-state index >= 15 is 0 Å². The van der Waals surface area contributed by atoms with Crippen LogP contribution in [0.1, 0.15) is 56.1 Å². The lowest BCUT2D eigenvalue weighted by Crippen LogP contribution is -2.60. The molecule has 2 aliphatic rings. The lowest BCUT2D eigenvalue weighted by Gasteiger charge is -2.41. The number of thiophene rings is 1. The van der Waals surface area contributed by atoms with Gasteiger partial charge in [0.2, 0.25) is 5.95 Å². The highest BCUT2D eigenvalue weighted by molar-refractivity contribution is 7.17. The lowest BCUT2D eigenvalue weighted by molar-refractivity contribution is -0.0552. The van der Waals surface area contributed by atoms with Gasteiger partial charge >= 0.3 is 6.09 Å². The first-order valence-corrected chi connectivity index (χ1v) is 12.4. The Hall–Kier alpha value is -2.89. The number of alkyl carbamates (subject to hydrolysis) is 1. The van der Waals surface area contributed by atoms with E-state index in [0.717, 1.165) is 42.1 Å². The third-order valence-corrected chi connectivity index (χ3v) is 7.23. The number of nitrogens with one attached hydrogen (secondary N) is 2. The summed E-state index contributed by atoms with van der Waals surface area (Å²) in [5.74, 6) is -0.0726. The molecule has 180 valence electrons. The lowest BCUT2D eigenvalue weighted by atomic mass is 10.1. The summed E-state index contributed by atoms with van der Waals surface area (Å²) in [5.41, 5.74) is 1.88. The van der Waals surface area contributed by atoms with Gasteiger partial charge in [0, 0.05) is 19.3 Å². The number of fused-ring (bicyclic) bond motifs is 1. The highest BCUT2D eigenvalue weighted by atomic mass is 32.1. The smallest absolute Gasteiger partial charge is 0.407 e. The van der Waals surface area contributed by atoms with Gasteiger partial charge in [0.05, 0.1) is 28.5 Å². The van der Waals surface area contributed by atoms with Gasteiger partial charge < -0.3 is 20.5 Å². The summed E-state index contributed by atoms with van der Waals surface area (Å²) < 4.78 is 19.8. The fourth-order valence-corrected chi connectivity index (χ4v) is 5.24. The van der Waals surface area contributed by atoms with Crippen LogP contribution in [0, 0.1) is 5.82 Å².